The summed E-state index contributed by atoms with van der Waals surface area (Å²) in [5, 5.41) is 13.4. The molecular weight excluding hydrogens is 367 g/mol. The Bertz CT molecular complexity index is 739. The predicted molar refractivity (Wildman–Crippen MR) is 80.2 cm³/mol. The molecule has 0 unspecified atom stereocenters. The Morgan fingerprint density at radius 1 is 1.29 bits per heavy atom. The van der Waals surface area contributed by atoms with Crippen LogP contribution in [0.3, 0.4) is 0 Å². The second-order valence-electron chi connectivity index (χ2n) is 4.03. The molecule has 1 N–H and O–H groups in total. The molecule has 5 nitrogen and oxygen atoms in total. The van der Waals surface area contributed by atoms with Crippen LogP contribution in [0.2, 0.25) is 5.02 Å². The van der Waals surface area contributed by atoms with E-state index in [-0.39, 0.29) is 10.6 Å². The quantitative estimate of drug-likeness (QED) is 0.640. The van der Waals surface area contributed by atoms with Crippen molar-refractivity contribution in [3.63, 3.8) is 0 Å². The third kappa shape index (κ3) is 3.77. The van der Waals surface area contributed by atoms with Gasteiger partial charge in [-0.25, -0.2) is 4.39 Å². The van der Waals surface area contributed by atoms with Crippen LogP contribution in [-0.4, -0.2) is 10.8 Å². The van der Waals surface area contributed by atoms with Gasteiger partial charge < -0.3 is 5.32 Å². The normalized spacial score (nSPS) is 10.2. The Morgan fingerprint density at radius 2 is 2.00 bits per heavy atom. The molecule has 8 heteroatoms. The molecule has 0 spiro atoms. The Morgan fingerprint density at radius 3 is 2.67 bits per heavy atom. The van der Waals surface area contributed by atoms with E-state index in [4.69, 9.17) is 11.6 Å². The highest BCUT2D eigenvalue weighted by Crippen LogP contribution is 2.26. The molecule has 0 bridgehead atoms. The van der Waals surface area contributed by atoms with Gasteiger partial charge in [-0.1, -0.05) is 27.5 Å². The van der Waals surface area contributed by atoms with Gasteiger partial charge in [-0.2, -0.15) is 0 Å². The number of carbonyl (C=O) groups is 1. The molecule has 21 heavy (non-hydrogen) atoms. The number of nitro groups is 1. The Hall–Kier alpha value is -1.99. The van der Waals surface area contributed by atoms with Crippen LogP contribution < -0.4 is 5.32 Å². The van der Waals surface area contributed by atoms with Crippen LogP contribution in [0.25, 0.3) is 0 Å². The first kappa shape index (κ1) is 15.4. The Labute approximate surface area is 132 Å². The van der Waals surface area contributed by atoms with Crippen LogP contribution in [0.1, 0.15) is 10.4 Å². The van der Waals surface area contributed by atoms with Crippen molar-refractivity contribution in [2.45, 2.75) is 0 Å². The summed E-state index contributed by atoms with van der Waals surface area (Å²) in [4.78, 5) is 21.9. The van der Waals surface area contributed by atoms with Crippen molar-refractivity contribution in [3.05, 3.63) is 67.4 Å². The van der Waals surface area contributed by atoms with Gasteiger partial charge in [-0.15, -0.1) is 0 Å². The minimum absolute atomic E-state index is 0.169. The molecular formula is C13H7BrClFN2O3. The van der Waals surface area contributed by atoms with Crippen molar-refractivity contribution in [1.82, 2.24) is 0 Å². The third-order valence-electron chi connectivity index (χ3n) is 2.53. The van der Waals surface area contributed by atoms with E-state index in [1.54, 1.807) is 18.2 Å². The number of carbonyl (C=O) groups excluding carboxylic acids is 1. The van der Waals surface area contributed by atoms with E-state index in [9.17, 15) is 19.3 Å². The number of non-ortho nitro benzene ring substituents is 1. The lowest BCUT2D eigenvalue weighted by Gasteiger charge is -2.08. The van der Waals surface area contributed by atoms with Crippen molar-refractivity contribution < 1.29 is 14.1 Å². The van der Waals surface area contributed by atoms with Crippen molar-refractivity contribution in [1.29, 1.82) is 0 Å². The van der Waals surface area contributed by atoms with Crippen LogP contribution in [0.15, 0.2) is 40.9 Å². The van der Waals surface area contributed by atoms with E-state index >= 15 is 0 Å². The molecule has 2 rings (SSSR count). The van der Waals surface area contributed by atoms with Gasteiger partial charge in [0.15, 0.2) is 0 Å². The third-order valence-corrected chi connectivity index (χ3v) is 3.36. The number of nitro benzene ring substituents is 1. The van der Waals surface area contributed by atoms with E-state index in [1.165, 1.54) is 0 Å². The zero-order chi connectivity index (χ0) is 15.6. The zero-order valence-electron chi connectivity index (χ0n) is 10.3. The van der Waals surface area contributed by atoms with Crippen LogP contribution in [0.4, 0.5) is 15.8 Å². The maximum atomic E-state index is 13.3. The second kappa shape index (κ2) is 6.19. The first-order chi connectivity index (χ1) is 9.86. The van der Waals surface area contributed by atoms with Gasteiger partial charge in [0.2, 0.25) is 0 Å². The van der Waals surface area contributed by atoms with Crippen LogP contribution in [0.5, 0.6) is 0 Å². The highest BCUT2D eigenvalue weighted by Gasteiger charge is 2.15. The largest absolute Gasteiger partial charge is 0.321 e. The zero-order valence-corrected chi connectivity index (χ0v) is 12.6. The van der Waals surface area contributed by atoms with Crippen molar-refractivity contribution in [3.8, 4) is 0 Å². The standard InChI is InChI=1S/C13H7BrClFN2O3/c14-8-1-2-11(15)12(5-8)17-13(19)7-3-9(16)6-10(4-7)18(20)21/h1-6H,(H,17,19). The molecule has 0 aliphatic heterocycles. The second-order valence-corrected chi connectivity index (χ2v) is 5.36. The number of hydrogen-bond donors (Lipinski definition) is 1. The van der Waals surface area contributed by atoms with Crippen LogP contribution >= 0.6 is 27.5 Å². The highest BCUT2D eigenvalue weighted by molar-refractivity contribution is 9.10. The van der Waals surface area contributed by atoms with E-state index in [2.05, 4.69) is 21.2 Å². The smallest absolute Gasteiger partial charge is 0.273 e. The van der Waals surface area contributed by atoms with Gasteiger partial charge in [-0.05, 0) is 24.3 Å². The molecule has 2 aromatic carbocycles. The fourth-order valence-electron chi connectivity index (χ4n) is 1.60. The summed E-state index contributed by atoms with van der Waals surface area (Å²) in [5.74, 6) is -1.56. The molecule has 108 valence electrons. The van der Waals surface area contributed by atoms with Gasteiger partial charge in [0.05, 0.1) is 21.7 Å². The number of rotatable bonds is 3. The lowest BCUT2D eigenvalue weighted by molar-refractivity contribution is -0.385. The van der Waals surface area contributed by atoms with Crippen LogP contribution in [0, 0.1) is 15.9 Å². The number of anilines is 1. The summed E-state index contributed by atoms with van der Waals surface area (Å²) in [6.45, 7) is 0. The van der Waals surface area contributed by atoms with Crippen LogP contribution in [-0.2, 0) is 0 Å². The molecule has 0 radical (unpaired) electrons. The maximum Gasteiger partial charge on any atom is 0.273 e. The summed E-state index contributed by atoms with van der Waals surface area (Å²) >= 11 is 9.15. The molecule has 0 aliphatic rings. The summed E-state index contributed by atoms with van der Waals surface area (Å²) in [6, 6.07) is 7.45. The fraction of sp³-hybridized carbons (Fsp3) is 0. The minimum atomic E-state index is -0.866. The number of nitrogens with zero attached hydrogens (tertiary/aromatic N) is 1. The molecule has 0 saturated carbocycles. The molecule has 1 amide bonds. The molecule has 0 aromatic heterocycles. The first-order valence-electron chi connectivity index (χ1n) is 5.58. The number of amides is 1. The van der Waals surface area contributed by atoms with E-state index in [1.807, 2.05) is 0 Å². The first-order valence-corrected chi connectivity index (χ1v) is 6.75. The van der Waals surface area contributed by atoms with Crippen molar-refractivity contribution in [2.75, 3.05) is 5.32 Å². The van der Waals surface area contributed by atoms with Gasteiger partial charge in [0.1, 0.15) is 5.82 Å². The Balaban J connectivity index is 2.32. The summed E-state index contributed by atoms with van der Waals surface area (Å²) < 4.78 is 14.0. The lowest BCUT2D eigenvalue weighted by Crippen LogP contribution is -2.13. The average molecular weight is 374 g/mol. The summed E-state index contributed by atoms with van der Waals surface area (Å²) in [7, 11) is 0. The SMILES string of the molecule is O=C(Nc1cc(Br)ccc1Cl)c1cc(F)cc([N+](=O)[O-])c1. The predicted octanol–water partition coefficient (Wildman–Crippen LogP) is 4.40. The van der Waals surface area contributed by atoms with Crippen molar-refractivity contribution in [2.24, 2.45) is 0 Å². The fourth-order valence-corrected chi connectivity index (χ4v) is 2.12. The molecule has 2 aromatic rings. The number of nitrogens with one attached hydrogen (secondary N) is 1. The summed E-state index contributed by atoms with van der Waals surface area (Å²) in [5.41, 5.74) is -0.360. The monoisotopic (exact) mass is 372 g/mol. The van der Waals surface area contributed by atoms with E-state index < -0.39 is 22.3 Å². The van der Waals surface area contributed by atoms with Gasteiger partial charge in [0.25, 0.3) is 11.6 Å². The topological polar surface area (TPSA) is 72.2 Å². The van der Waals surface area contributed by atoms with Crippen molar-refractivity contribution >= 4 is 44.8 Å². The number of halogens is 3. The Kier molecular flexibility index (Phi) is 4.54. The average Bonchev–Trinajstić information content (AvgIpc) is 2.42. The molecule has 0 aliphatic carbocycles. The van der Waals surface area contributed by atoms with Gasteiger partial charge in [-0.3, -0.25) is 14.9 Å². The molecule has 0 saturated heterocycles. The number of benzene rings is 2. The number of hydrogen-bond acceptors (Lipinski definition) is 3. The molecule has 0 atom stereocenters. The van der Waals surface area contributed by atoms with E-state index in [0.29, 0.717) is 10.2 Å². The van der Waals surface area contributed by atoms with Gasteiger partial charge in [0, 0.05) is 16.1 Å². The van der Waals surface area contributed by atoms with E-state index in [0.717, 1.165) is 18.2 Å². The molecule has 0 fully saturated rings. The maximum absolute atomic E-state index is 13.3. The highest BCUT2D eigenvalue weighted by atomic mass is 79.9. The molecule has 0 heterocycles. The van der Waals surface area contributed by atoms with Gasteiger partial charge >= 0.3 is 0 Å². The summed E-state index contributed by atoms with van der Waals surface area (Å²) in [6.07, 6.45) is 0. The minimum Gasteiger partial charge on any atom is -0.321 e. The lowest BCUT2D eigenvalue weighted by atomic mass is 10.1.